The number of hydrogen-bond acceptors (Lipinski definition) is 6. The van der Waals surface area contributed by atoms with Gasteiger partial charge in [0.25, 0.3) is 0 Å². The number of ether oxygens (including phenoxy) is 2. The summed E-state index contributed by atoms with van der Waals surface area (Å²) in [6.45, 7) is -0.0441. The summed E-state index contributed by atoms with van der Waals surface area (Å²) in [5.74, 6) is 1.07. The summed E-state index contributed by atoms with van der Waals surface area (Å²) >= 11 is 0. The van der Waals surface area contributed by atoms with E-state index in [1.165, 1.54) is 12.1 Å². The Morgan fingerprint density at radius 3 is 1.35 bits per heavy atom. The lowest BCUT2D eigenvalue weighted by atomic mass is 10.0. The molecule has 0 aliphatic heterocycles. The van der Waals surface area contributed by atoms with Crippen molar-refractivity contribution in [3.05, 3.63) is 119 Å². The molecule has 7 heteroatoms. The van der Waals surface area contributed by atoms with Crippen molar-refractivity contribution in [2.45, 2.75) is 22.6 Å². The van der Waals surface area contributed by atoms with E-state index in [1.807, 2.05) is 60.7 Å². The Kier molecular flexibility index (Phi) is 8.95. The number of aliphatic hydroxyl groups excluding tert-OH is 2. The van der Waals surface area contributed by atoms with E-state index in [-0.39, 0.29) is 36.2 Å². The molecule has 2 N–H and O–H groups in total. The van der Waals surface area contributed by atoms with Gasteiger partial charge < -0.3 is 19.7 Å². The van der Waals surface area contributed by atoms with Crippen molar-refractivity contribution in [3.8, 4) is 11.5 Å². The zero-order valence-corrected chi connectivity index (χ0v) is 21.2. The van der Waals surface area contributed by atoms with Crippen LogP contribution in [0.4, 0.5) is 0 Å². The van der Waals surface area contributed by atoms with Crippen LogP contribution in [0.5, 0.6) is 11.5 Å². The molecule has 0 atom stereocenters. The normalized spacial score (nSPS) is 11.3. The lowest BCUT2D eigenvalue weighted by Crippen LogP contribution is -2.08. The molecule has 0 fully saturated rings. The summed E-state index contributed by atoms with van der Waals surface area (Å²) in [6, 6.07) is 29.1. The molecule has 0 heterocycles. The van der Waals surface area contributed by atoms with Gasteiger partial charge in [-0.3, -0.25) is 0 Å². The summed E-state index contributed by atoms with van der Waals surface area (Å²) in [7, 11) is -3.85. The topological polar surface area (TPSA) is 93.1 Å². The molecule has 0 aliphatic carbocycles. The molecule has 4 rings (SSSR count). The molecule has 0 unspecified atom stereocenters. The van der Waals surface area contributed by atoms with Crippen LogP contribution < -0.4 is 9.47 Å². The number of sulfone groups is 1. The van der Waals surface area contributed by atoms with E-state index in [4.69, 9.17) is 9.47 Å². The van der Waals surface area contributed by atoms with E-state index in [0.717, 1.165) is 11.1 Å². The van der Waals surface area contributed by atoms with Crippen LogP contribution in [0.1, 0.15) is 22.3 Å². The first kappa shape index (κ1) is 26.4. The van der Waals surface area contributed by atoms with Gasteiger partial charge in [-0.05, 0) is 58.7 Å². The number of rotatable bonds is 12. The van der Waals surface area contributed by atoms with Crippen molar-refractivity contribution in [2.75, 3.05) is 26.4 Å². The van der Waals surface area contributed by atoms with Crippen LogP contribution in [0.15, 0.2) is 107 Å². The molecule has 0 saturated carbocycles. The molecule has 6 nitrogen and oxygen atoms in total. The van der Waals surface area contributed by atoms with Crippen molar-refractivity contribution in [1.29, 1.82) is 0 Å². The molecule has 4 aromatic rings. The van der Waals surface area contributed by atoms with E-state index in [9.17, 15) is 18.6 Å². The summed E-state index contributed by atoms with van der Waals surface area (Å²) in [6.07, 6.45) is 0.969. The minimum Gasteiger partial charge on any atom is -0.491 e. The SMILES string of the molecule is O=S(=O)(c1ccc(OCCO)c(Cc2ccccc2)c1)c1ccc(OCCO)c(Cc2ccccc2)c1. The highest BCUT2D eigenvalue weighted by atomic mass is 32.2. The maximum atomic E-state index is 13.7. The average molecular weight is 519 g/mol. The number of benzene rings is 4. The Hall–Kier alpha value is -3.65. The molecular weight excluding hydrogens is 488 g/mol. The van der Waals surface area contributed by atoms with E-state index >= 15 is 0 Å². The molecule has 0 amide bonds. The van der Waals surface area contributed by atoms with Crippen molar-refractivity contribution >= 4 is 9.84 Å². The molecule has 37 heavy (non-hydrogen) atoms. The third-order valence-electron chi connectivity index (χ3n) is 5.86. The van der Waals surface area contributed by atoms with Gasteiger partial charge in [0.15, 0.2) is 0 Å². The zero-order valence-electron chi connectivity index (χ0n) is 20.4. The molecule has 192 valence electrons. The summed E-state index contributed by atoms with van der Waals surface area (Å²) in [5.41, 5.74) is 3.46. The maximum absolute atomic E-state index is 13.7. The maximum Gasteiger partial charge on any atom is 0.206 e. The molecule has 0 spiro atoms. The third-order valence-corrected chi connectivity index (χ3v) is 7.61. The summed E-state index contributed by atoms with van der Waals surface area (Å²) in [5, 5.41) is 18.4. The second-order valence-corrected chi connectivity index (χ2v) is 10.5. The smallest absolute Gasteiger partial charge is 0.206 e. The van der Waals surface area contributed by atoms with Gasteiger partial charge in [-0.1, -0.05) is 60.7 Å². The lowest BCUT2D eigenvalue weighted by molar-refractivity contribution is 0.200. The monoisotopic (exact) mass is 518 g/mol. The second kappa shape index (κ2) is 12.5. The lowest BCUT2D eigenvalue weighted by Gasteiger charge is -2.15. The number of hydrogen-bond donors (Lipinski definition) is 2. The molecule has 0 saturated heterocycles. The fraction of sp³-hybridized carbons (Fsp3) is 0.200. The zero-order chi connectivity index (χ0) is 26.1. The third kappa shape index (κ3) is 6.77. The Labute approximate surface area is 217 Å². The summed E-state index contributed by atoms with van der Waals surface area (Å²) < 4.78 is 38.8. The van der Waals surface area contributed by atoms with Crippen LogP contribution in [0.3, 0.4) is 0 Å². The quantitative estimate of drug-likeness (QED) is 0.288. The molecule has 0 aliphatic rings. The first-order valence-electron chi connectivity index (χ1n) is 12.1. The second-order valence-electron chi connectivity index (χ2n) is 8.51. The highest BCUT2D eigenvalue weighted by Gasteiger charge is 2.22. The highest BCUT2D eigenvalue weighted by molar-refractivity contribution is 7.91. The van der Waals surface area contributed by atoms with Gasteiger partial charge in [0.1, 0.15) is 24.7 Å². The van der Waals surface area contributed by atoms with E-state index in [2.05, 4.69) is 0 Å². The van der Waals surface area contributed by atoms with Gasteiger partial charge in [-0.15, -0.1) is 0 Å². The van der Waals surface area contributed by atoms with Crippen molar-refractivity contribution in [1.82, 2.24) is 0 Å². The van der Waals surface area contributed by atoms with Crippen LogP contribution in [-0.2, 0) is 22.7 Å². The highest BCUT2D eigenvalue weighted by Crippen LogP contribution is 2.32. The van der Waals surface area contributed by atoms with E-state index < -0.39 is 9.84 Å². The molecule has 0 radical (unpaired) electrons. The van der Waals surface area contributed by atoms with Gasteiger partial charge in [0.05, 0.1) is 23.0 Å². The molecular formula is C30H30O6S. The van der Waals surface area contributed by atoms with Crippen LogP contribution in [-0.4, -0.2) is 45.1 Å². The van der Waals surface area contributed by atoms with Crippen molar-refractivity contribution in [3.63, 3.8) is 0 Å². The predicted octanol–water partition coefficient (Wildman–Crippen LogP) is 4.44. The Morgan fingerprint density at radius 1 is 0.568 bits per heavy atom. The first-order chi connectivity index (χ1) is 18.0. The van der Waals surface area contributed by atoms with Gasteiger partial charge >= 0.3 is 0 Å². The molecule has 0 bridgehead atoms. The van der Waals surface area contributed by atoms with Crippen molar-refractivity contribution < 1.29 is 28.1 Å². The Morgan fingerprint density at radius 2 is 0.973 bits per heavy atom. The fourth-order valence-electron chi connectivity index (χ4n) is 4.08. The molecule has 0 aromatic heterocycles. The minimum atomic E-state index is -3.85. The largest absolute Gasteiger partial charge is 0.491 e. The summed E-state index contributed by atoms with van der Waals surface area (Å²) in [4.78, 5) is 0.314. The van der Waals surface area contributed by atoms with Crippen LogP contribution in [0.25, 0.3) is 0 Å². The van der Waals surface area contributed by atoms with E-state index in [1.54, 1.807) is 24.3 Å². The van der Waals surface area contributed by atoms with E-state index in [0.29, 0.717) is 35.5 Å². The van der Waals surface area contributed by atoms with Crippen LogP contribution in [0.2, 0.25) is 0 Å². The van der Waals surface area contributed by atoms with Crippen LogP contribution in [0, 0.1) is 0 Å². The Balaban J connectivity index is 1.72. The Bertz CT molecular complexity index is 1300. The first-order valence-corrected chi connectivity index (χ1v) is 13.6. The van der Waals surface area contributed by atoms with Gasteiger partial charge in [-0.25, -0.2) is 8.42 Å². The average Bonchev–Trinajstić information content (AvgIpc) is 2.92. The van der Waals surface area contributed by atoms with Gasteiger partial charge in [0, 0.05) is 12.8 Å². The van der Waals surface area contributed by atoms with Crippen molar-refractivity contribution in [2.24, 2.45) is 0 Å². The van der Waals surface area contributed by atoms with Gasteiger partial charge in [0.2, 0.25) is 9.84 Å². The number of aliphatic hydroxyl groups is 2. The standard InChI is InChI=1S/C30H30O6S/c31-15-17-35-29-13-11-27(21-25(29)19-23-7-3-1-4-8-23)37(33,34)28-12-14-30(36-18-16-32)26(22-28)20-24-9-5-2-6-10-24/h1-14,21-22,31-32H,15-20H2. The van der Waals surface area contributed by atoms with Crippen LogP contribution >= 0.6 is 0 Å². The van der Waals surface area contributed by atoms with Gasteiger partial charge in [-0.2, -0.15) is 0 Å². The minimum absolute atomic E-state index is 0.117. The molecule has 4 aromatic carbocycles. The predicted molar refractivity (Wildman–Crippen MR) is 142 cm³/mol. The fourth-order valence-corrected chi connectivity index (χ4v) is 5.44.